The molecule has 1 unspecified atom stereocenters. The van der Waals surface area contributed by atoms with Crippen molar-refractivity contribution in [2.45, 2.75) is 32.6 Å². The van der Waals surface area contributed by atoms with E-state index >= 15 is 0 Å². The molecule has 1 aromatic carbocycles. The first-order valence-electron chi connectivity index (χ1n) is 8.07. The second-order valence-corrected chi connectivity index (χ2v) is 7.33. The van der Waals surface area contributed by atoms with Crippen molar-refractivity contribution in [3.63, 3.8) is 0 Å². The van der Waals surface area contributed by atoms with E-state index < -0.39 is 0 Å². The third-order valence-electron chi connectivity index (χ3n) is 4.54. The summed E-state index contributed by atoms with van der Waals surface area (Å²) in [4.78, 5) is 4.85. The van der Waals surface area contributed by atoms with Gasteiger partial charge in [0.05, 0.1) is 10.7 Å². The van der Waals surface area contributed by atoms with E-state index in [1.165, 1.54) is 23.9 Å². The molecule has 0 aliphatic carbocycles. The SMILES string of the molecule is CC(C)C(c1nc(-c2cccc(F)c2)cs1)C1CCNCC1. The van der Waals surface area contributed by atoms with Gasteiger partial charge in [0.25, 0.3) is 0 Å². The second-order valence-electron chi connectivity index (χ2n) is 6.44. The van der Waals surface area contributed by atoms with Gasteiger partial charge in [0.15, 0.2) is 0 Å². The van der Waals surface area contributed by atoms with Crippen LogP contribution in [0.15, 0.2) is 29.6 Å². The minimum Gasteiger partial charge on any atom is -0.317 e. The lowest BCUT2D eigenvalue weighted by atomic mass is 9.78. The van der Waals surface area contributed by atoms with E-state index in [-0.39, 0.29) is 5.82 Å². The molecule has 2 nitrogen and oxygen atoms in total. The van der Waals surface area contributed by atoms with Gasteiger partial charge in [-0.2, -0.15) is 0 Å². The Hall–Kier alpha value is -1.26. The molecular formula is C18H23FN2S. The van der Waals surface area contributed by atoms with Gasteiger partial charge in [0.2, 0.25) is 0 Å². The Kier molecular flexibility index (Phi) is 4.89. The number of halogens is 1. The van der Waals surface area contributed by atoms with Gasteiger partial charge in [0, 0.05) is 16.9 Å². The lowest BCUT2D eigenvalue weighted by Crippen LogP contribution is -2.32. The smallest absolute Gasteiger partial charge is 0.123 e. The summed E-state index contributed by atoms with van der Waals surface area (Å²) in [5.74, 6) is 1.59. The van der Waals surface area contributed by atoms with Crippen molar-refractivity contribution >= 4 is 11.3 Å². The molecule has 3 rings (SSSR count). The van der Waals surface area contributed by atoms with Gasteiger partial charge in [-0.05, 0) is 49.9 Å². The summed E-state index contributed by atoms with van der Waals surface area (Å²) in [6, 6.07) is 6.71. The predicted octanol–water partition coefficient (Wildman–Crippen LogP) is 4.69. The quantitative estimate of drug-likeness (QED) is 0.884. The maximum absolute atomic E-state index is 13.4. The van der Waals surface area contributed by atoms with E-state index in [9.17, 15) is 4.39 Å². The Balaban J connectivity index is 1.86. The van der Waals surface area contributed by atoms with Crippen molar-refractivity contribution in [2.24, 2.45) is 11.8 Å². The van der Waals surface area contributed by atoms with Crippen LogP contribution in [0.1, 0.15) is 37.6 Å². The van der Waals surface area contributed by atoms with Crippen molar-refractivity contribution < 1.29 is 4.39 Å². The fraction of sp³-hybridized carbons (Fsp3) is 0.500. The molecule has 0 bridgehead atoms. The van der Waals surface area contributed by atoms with Gasteiger partial charge < -0.3 is 5.32 Å². The summed E-state index contributed by atoms with van der Waals surface area (Å²) in [5.41, 5.74) is 1.77. The minimum atomic E-state index is -0.203. The molecule has 0 saturated carbocycles. The Labute approximate surface area is 135 Å². The summed E-state index contributed by atoms with van der Waals surface area (Å²) < 4.78 is 13.4. The van der Waals surface area contributed by atoms with Crippen LogP contribution < -0.4 is 5.32 Å². The fourth-order valence-corrected chi connectivity index (χ4v) is 4.65. The standard InChI is InChI=1S/C18H23FN2S/c1-12(2)17(13-6-8-20-9-7-13)18-21-16(11-22-18)14-4-3-5-15(19)10-14/h3-5,10-13,17,20H,6-9H2,1-2H3. The van der Waals surface area contributed by atoms with E-state index in [0.29, 0.717) is 17.8 Å². The number of piperidine rings is 1. The second kappa shape index (κ2) is 6.88. The number of benzene rings is 1. The predicted molar refractivity (Wildman–Crippen MR) is 90.7 cm³/mol. The first kappa shape index (κ1) is 15.6. The molecule has 4 heteroatoms. The summed E-state index contributed by atoms with van der Waals surface area (Å²) in [6.45, 7) is 6.79. The highest BCUT2D eigenvalue weighted by atomic mass is 32.1. The molecule has 1 N–H and O–H groups in total. The number of nitrogens with one attached hydrogen (secondary N) is 1. The number of nitrogens with zero attached hydrogens (tertiary/aromatic N) is 1. The van der Waals surface area contributed by atoms with Crippen LogP contribution >= 0.6 is 11.3 Å². The van der Waals surface area contributed by atoms with Crippen molar-refractivity contribution in [1.29, 1.82) is 0 Å². The van der Waals surface area contributed by atoms with Crippen LogP contribution in [0, 0.1) is 17.7 Å². The zero-order valence-corrected chi connectivity index (χ0v) is 14.0. The molecule has 1 aromatic heterocycles. The third-order valence-corrected chi connectivity index (χ3v) is 5.48. The normalized spacial score (nSPS) is 17.8. The first-order chi connectivity index (χ1) is 10.6. The fourth-order valence-electron chi connectivity index (χ4n) is 3.46. The minimum absolute atomic E-state index is 0.203. The highest BCUT2D eigenvalue weighted by Gasteiger charge is 2.29. The topological polar surface area (TPSA) is 24.9 Å². The highest BCUT2D eigenvalue weighted by molar-refractivity contribution is 7.10. The van der Waals surface area contributed by atoms with Gasteiger partial charge in [-0.15, -0.1) is 11.3 Å². The average Bonchev–Trinajstić information content (AvgIpc) is 2.98. The Morgan fingerprint density at radius 1 is 1.27 bits per heavy atom. The number of hydrogen-bond donors (Lipinski definition) is 1. The van der Waals surface area contributed by atoms with Gasteiger partial charge in [-0.3, -0.25) is 0 Å². The van der Waals surface area contributed by atoms with Crippen LogP contribution in [0.25, 0.3) is 11.3 Å². The summed E-state index contributed by atoms with van der Waals surface area (Å²) in [7, 11) is 0. The molecule has 2 heterocycles. The molecule has 1 atom stereocenters. The molecule has 1 saturated heterocycles. The Bertz CT molecular complexity index is 617. The Morgan fingerprint density at radius 3 is 2.73 bits per heavy atom. The molecule has 1 fully saturated rings. The molecule has 0 radical (unpaired) electrons. The summed E-state index contributed by atoms with van der Waals surface area (Å²) >= 11 is 1.73. The maximum Gasteiger partial charge on any atom is 0.123 e. The van der Waals surface area contributed by atoms with E-state index in [2.05, 4.69) is 24.5 Å². The maximum atomic E-state index is 13.4. The number of aromatic nitrogens is 1. The van der Waals surface area contributed by atoms with E-state index in [4.69, 9.17) is 4.98 Å². The van der Waals surface area contributed by atoms with Crippen molar-refractivity contribution in [1.82, 2.24) is 10.3 Å². The molecular weight excluding hydrogens is 295 g/mol. The Morgan fingerprint density at radius 2 is 2.05 bits per heavy atom. The third kappa shape index (κ3) is 3.39. The first-order valence-corrected chi connectivity index (χ1v) is 8.95. The molecule has 2 aromatic rings. The molecule has 22 heavy (non-hydrogen) atoms. The average molecular weight is 318 g/mol. The van der Waals surface area contributed by atoms with Crippen molar-refractivity contribution in [3.8, 4) is 11.3 Å². The van der Waals surface area contributed by atoms with Crippen LogP contribution in [0.5, 0.6) is 0 Å². The molecule has 1 aliphatic rings. The zero-order valence-electron chi connectivity index (χ0n) is 13.2. The van der Waals surface area contributed by atoms with Crippen LogP contribution in [0.2, 0.25) is 0 Å². The van der Waals surface area contributed by atoms with E-state index in [0.717, 1.165) is 24.3 Å². The summed E-state index contributed by atoms with van der Waals surface area (Å²) in [6.07, 6.45) is 2.44. The molecule has 0 amide bonds. The molecule has 118 valence electrons. The molecule has 1 aliphatic heterocycles. The number of hydrogen-bond acceptors (Lipinski definition) is 3. The van der Waals surface area contributed by atoms with Crippen LogP contribution in [0.4, 0.5) is 4.39 Å². The van der Waals surface area contributed by atoms with Crippen LogP contribution in [0.3, 0.4) is 0 Å². The number of thiazole rings is 1. The van der Waals surface area contributed by atoms with Gasteiger partial charge in [0.1, 0.15) is 5.82 Å². The lowest BCUT2D eigenvalue weighted by molar-refractivity contribution is 0.271. The van der Waals surface area contributed by atoms with Crippen molar-refractivity contribution in [2.75, 3.05) is 13.1 Å². The monoisotopic (exact) mass is 318 g/mol. The number of rotatable bonds is 4. The van der Waals surface area contributed by atoms with Gasteiger partial charge >= 0.3 is 0 Å². The zero-order chi connectivity index (χ0) is 15.5. The lowest BCUT2D eigenvalue weighted by Gasteiger charge is -2.32. The summed E-state index contributed by atoms with van der Waals surface area (Å²) in [5, 5.41) is 6.72. The molecule has 0 spiro atoms. The highest BCUT2D eigenvalue weighted by Crippen LogP contribution is 2.39. The van der Waals surface area contributed by atoms with Crippen LogP contribution in [-0.4, -0.2) is 18.1 Å². The van der Waals surface area contributed by atoms with Gasteiger partial charge in [-0.25, -0.2) is 9.37 Å². The van der Waals surface area contributed by atoms with E-state index in [1.54, 1.807) is 23.5 Å². The van der Waals surface area contributed by atoms with E-state index in [1.807, 2.05) is 6.07 Å². The van der Waals surface area contributed by atoms with Crippen molar-refractivity contribution in [3.05, 3.63) is 40.5 Å². The van der Waals surface area contributed by atoms with Gasteiger partial charge in [-0.1, -0.05) is 26.0 Å². The van der Waals surface area contributed by atoms with Crippen LogP contribution in [-0.2, 0) is 0 Å². The largest absolute Gasteiger partial charge is 0.317 e.